The molecule has 0 radical (unpaired) electrons. The van der Waals surface area contributed by atoms with E-state index < -0.39 is 29.6 Å². The summed E-state index contributed by atoms with van der Waals surface area (Å²) in [5, 5.41) is 0.483. The summed E-state index contributed by atoms with van der Waals surface area (Å²) in [4.78, 5) is 41.7. The minimum absolute atomic E-state index is 0.134. The van der Waals surface area contributed by atoms with Gasteiger partial charge in [0.15, 0.2) is 0 Å². The zero-order valence-corrected chi connectivity index (χ0v) is 17.1. The highest BCUT2D eigenvalue weighted by Crippen LogP contribution is 2.28. The fourth-order valence-electron chi connectivity index (χ4n) is 3.58. The third-order valence-corrected chi connectivity index (χ3v) is 5.38. The van der Waals surface area contributed by atoms with Gasteiger partial charge in [-0.1, -0.05) is 41.9 Å². The molecule has 7 heteroatoms. The number of carbonyl (C=O) groups is 3. The van der Waals surface area contributed by atoms with Crippen molar-refractivity contribution in [2.45, 2.75) is 19.0 Å². The highest BCUT2D eigenvalue weighted by atomic mass is 35.5. The largest absolute Gasteiger partial charge is 0.322 e. The van der Waals surface area contributed by atoms with Crippen LogP contribution >= 0.6 is 11.6 Å². The van der Waals surface area contributed by atoms with E-state index in [1.807, 2.05) is 30.3 Å². The fraction of sp³-hybridized carbons (Fsp3) is 0.125. The first-order chi connectivity index (χ1) is 14.9. The first-order valence-electron chi connectivity index (χ1n) is 9.67. The molecule has 3 aromatic carbocycles. The number of anilines is 1. The van der Waals surface area contributed by atoms with E-state index in [2.05, 4.69) is 0 Å². The second-order valence-electron chi connectivity index (χ2n) is 7.19. The number of rotatable bonds is 5. The number of nitrogens with zero attached hydrogens (tertiary/aromatic N) is 2. The lowest BCUT2D eigenvalue weighted by atomic mass is 10.1. The van der Waals surface area contributed by atoms with Gasteiger partial charge in [-0.25, -0.2) is 9.29 Å². The van der Waals surface area contributed by atoms with Crippen LogP contribution in [-0.4, -0.2) is 28.7 Å². The third-order valence-electron chi connectivity index (χ3n) is 5.13. The van der Waals surface area contributed by atoms with Gasteiger partial charge in [0, 0.05) is 17.1 Å². The zero-order chi connectivity index (χ0) is 22.0. The number of benzene rings is 3. The van der Waals surface area contributed by atoms with Crippen LogP contribution in [0.25, 0.3) is 0 Å². The van der Waals surface area contributed by atoms with Gasteiger partial charge in [-0.3, -0.25) is 14.4 Å². The second kappa shape index (κ2) is 8.70. The Morgan fingerprint density at radius 3 is 2.26 bits per heavy atom. The number of hydrogen-bond acceptors (Lipinski definition) is 3. The molecule has 3 aromatic rings. The Labute approximate surface area is 183 Å². The van der Waals surface area contributed by atoms with E-state index in [0.717, 1.165) is 10.5 Å². The van der Waals surface area contributed by atoms with E-state index in [1.165, 1.54) is 29.2 Å². The average molecular weight is 437 g/mol. The van der Waals surface area contributed by atoms with Crippen LogP contribution in [-0.2, 0) is 16.1 Å². The molecule has 0 aliphatic carbocycles. The number of hydrogen-bond donors (Lipinski definition) is 0. The smallest absolute Gasteiger partial charge is 0.257 e. The standard InChI is InChI=1S/C24H18ClFN2O3/c25-18-8-12-20(13-9-18)28-22(29)14-21(24(28)31)27(15-16-4-2-1-3-5-16)23(30)17-6-10-19(26)11-7-17/h1-13,21H,14-15H2. The van der Waals surface area contributed by atoms with Crippen molar-refractivity contribution in [3.8, 4) is 0 Å². The van der Waals surface area contributed by atoms with Gasteiger partial charge in [0.2, 0.25) is 5.91 Å². The fourth-order valence-corrected chi connectivity index (χ4v) is 3.71. The van der Waals surface area contributed by atoms with Crippen molar-refractivity contribution in [2.75, 3.05) is 4.90 Å². The van der Waals surface area contributed by atoms with Crippen LogP contribution in [0.5, 0.6) is 0 Å². The molecule has 1 aliphatic heterocycles. The molecule has 0 bridgehead atoms. The van der Waals surface area contributed by atoms with Gasteiger partial charge in [0.1, 0.15) is 11.9 Å². The second-order valence-corrected chi connectivity index (χ2v) is 7.63. The first kappa shape index (κ1) is 20.8. The molecular formula is C24H18ClFN2O3. The molecule has 4 rings (SSSR count). The van der Waals surface area contributed by atoms with Crippen LogP contribution < -0.4 is 4.90 Å². The maximum absolute atomic E-state index is 13.3. The number of imide groups is 1. The molecule has 31 heavy (non-hydrogen) atoms. The summed E-state index contributed by atoms with van der Waals surface area (Å²) in [5.41, 5.74) is 1.45. The van der Waals surface area contributed by atoms with E-state index in [9.17, 15) is 18.8 Å². The van der Waals surface area contributed by atoms with Crippen LogP contribution in [0.2, 0.25) is 5.02 Å². The van der Waals surface area contributed by atoms with E-state index >= 15 is 0 Å². The minimum atomic E-state index is -0.971. The van der Waals surface area contributed by atoms with Crippen LogP contribution in [0, 0.1) is 5.82 Å². The summed E-state index contributed by atoms with van der Waals surface area (Å²) in [5.74, 6) is -1.80. The van der Waals surface area contributed by atoms with Gasteiger partial charge in [0.25, 0.3) is 11.8 Å². The van der Waals surface area contributed by atoms with Crippen molar-refractivity contribution in [1.82, 2.24) is 4.90 Å². The lowest BCUT2D eigenvalue weighted by Crippen LogP contribution is -2.45. The average Bonchev–Trinajstić information content (AvgIpc) is 3.07. The molecule has 1 fully saturated rings. The van der Waals surface area contributed by atoms with Gasteiger partial charge in [-0.05, 0) is 54.1 Å². The highest BCUT2D eigenvalue weighted by molar-refractivity contribution is 6.31. The monoisotopic (exact) mass is 436 g/mol. The molecule has 0 aromatic heterocycles. The Balaban J connectivity index is 1.68. The Bertz CT molecular complexity index is 1120. The molecule has 1 heterocycles. The summed E-state index contributed by atoms with van der Waals surface area (Å²) < 4.78 is 13.3. The first-order valence-corrected chi connectivity index (χ1v) is 10.0. The van der Waals surface area contributed by atoms with Crippen LogP contribution in [0.4, 0.5) is 10.1 Å². The summed E-state index contributed by atoms with van der Waals surface area (Å²) in [6.45, 7) is 0.134. The Hall–Kier alpha value is -3.51. The lowest BCUT2D eigenvalue weighted by molar-refractivity contribution is -0.122. The lowest BCUT2D eigenvalue weighted by Gasteiger charge is -2.28. The van der Waals surface area contributed by atoms with Gasteiger partial charge in [0.05, 0.1) is 12.1 Å². The van der Waals surface area contributed by atoms with Gasteiger partial charge in [-0.15, -0.1) is 0 Å². The van der Waals surface area contributed by atoms with Crippen molar-refractivity contribution in [3.05, 3.63) is 101 Å². The molecule has 0 saturated carbocycles. The van der Waals surface area contributed by atoms with Crippen LogP contribution in [0.15, 0.2) is 78.9 Å². The molecule has 0 N–H and O–H groups in total. The molecule has 1 aliphatic rings. The summed E-state index contributed by atoms with van der Waals surface area (Å²) >= 11 is 5.91. The predicted octanol–water partition coefficient (Wildman–Crippen LogP) is 4.45. The maximum atomic E-state index is 13.3. The summed E-state index contributed by atoms with van der Waals surface area (Å²) in [6, 6.07) is 19.7. The highest BCUT2D eigenvalue weighted by Gasteiger charge is 2.44. The van der Waals surface area contributed by atoms with Crippen molar-refractivity contribution in [1.29, 1.82) is 0 Å². The van der Waals surface area contributed by atoms with E-state index in [1.54, 1.807) is 24.3 Å². The summed E-state index contributed by atoms with van der Waals surface area (Å²) in [6.07, 6.45) is -0.138. The van der Waals surface area contributed by atoms with Crippen molar-refractivity contribution in [2.24, 2.45) is 0 Å². The zero-order valence-electron chi connectivity index (χ0n) is 16.4. The summed E-state index contributed by atoms with van der Waals surface area (Å²) in [7, 11) is 0. The number of carbonyl (C=O) groups excluding carboxylic acids is 3. The molecular weight excluding hydrogens is 419 g/mol. The third kappa shape index (κ3) is 4.34. The predicted molar refractivity (Wildman–Crippen MR) is 115 cm³/mol. The molecule has 5 nitrogen and oxygen atoms in total. The molecule has 1 saturated heterocycles. The number of amides is 3. The van der Waals surface area contributed by atoms with Gasteiger partial charge >= 0.3 is 0 Å². The van der Waals surface area contributed by atoms with Crippen molar-refractivity contribution in [3.63, 3.8) is 0 Å². The Kier molecular flexibility index (Phi) is 5.82. The van der Waals surface area contributed by atoms with Crippen molar-refractivity contribution >= 4 is 35.0 Å². The number of halogens is 2. The topological polar surface area (TPSA) is 57.7 Å². The SMILES string of the molecule is O=C1CC(N(Cc2ccccc2)C(=O)c2ccc(F)cc2)C(=O)N1c1ccc(Cl)cc1. The molecule has 3 amide bonds. The maximum Gasteiger partial charge on any atom is 0.257 e. The van der Waals surface area contributed by atoms with E-state index in [-0.39, 0.29) is 18.5 Å². The van der Waals surface area contributed by atoms with Gasteiger partial charge in [-0.2, -0.15) is 0 Å². The van der Waals surface area contributed by atoms with Crippen LogP contribution in [0.1, 0.15) is 22.3 Å². The molecule has 0 spiro atoms. The van der Waals surface area contributed by atoms with E-state index in [4.69, 9.17) is 11.6 Å². The van der Waals surface area contributed by atoms with Crippen LogP contribution in [0.3, 0.4) is 0 Å². The molecule has 156 valence electrons. The Morgan fingerprint density at radius 2 is 1.61 bits per heavy atom. The van der Waals surface area contributed by atoms with Gasteiger partial charge < -0.3 is 4.90 Å². The Morgan fingerprint density at radius 1 is 0.968 bits per heavy atom. The van der Waals surface area contributed by atoms with Crippen molar-refractivity contribution < 1.29 is 18.8 Å². The van der Waals surface area contributed by atoms with E-state index in [0.29, 0.717) is 10.7 Å². The molecule has 1 unspecified atom stereocenters. The quantitative estimate of drug-likeness (QED) is 0.555. The normalized spacial score (nSPS) is 15.9. The molecule has 1 atom stereocenters. The minimum Gasteiger partial charge on any atom is -0.322 e.